The van der Waals surface area contributed by atoms with Crippen molar-refractivity contribution in [2.75, 3.05) is 19.0 Å². The van der Waals surface area contributed by atoms with E-state index in [1.807, 2.05) is 13.8 Å². The quantitative estimate of drug-likeness (QED) is 0.565. The van der Waals surface area contributed by atoms with E-state index in [4.69, 9.17) is 4.74 Å². The number of carboxylic acids is 1. The van der Waals surface area contributed by atoms with E-state index in [0.29, 0.717) is 12.2 Å². The minimum atomic E-state index is -0.915. The monoisotopic (exact) mass is 296 g/mol. The average Bonchev–Trinajstić information content (AvgIpc) is 2.42. The number of benzene rings is 1. The predicted molar refractivity (Wildman–Crippen MR) is 78.7 cm³/mol. The van der Waals surface area contributed by atoms with E-state index in [-0.39, 0.29) is 23.8 Å². The number of hydrogen-bond donors (Lipinski definition) is 2. The Balaban J connectivity index is 2.89. The highest BCUT2D eigenvalue weighted by atomic mass is 16.6. The van der Waals surface area contributed by atoms with Gasteiger partial charge in [-0.2, -0.15) is 0 Å². The second-order valence-corrected chi connectivity index (χ2v) is 5.19. The molecule has 0 aliphatic carbocycles. The van der Waals surface area contributed by atoms with Crippen molar-refractivity contribution < 1.29 is 19.6 Å². The van der Waals surface area contributed by atoms with E-state index in [1.165, 1.54) is 25.3 Å². The molecule has 0 saturated carbocycles. The molecule has 0 spiro atoms. The Labute approximate surface area is 123 Å². The van der Waals surface area contributed by atoms with Gasteiger partial charge in [0.15, 0.2) is 0 Å². The summed E-state index contributed by atoms with van der Waals surface area (Å²) in [5.74, 6) is -0.815. The fourth-order valence-corrected chi connectivity index (χ4v) is 2.02. The molecule has 2 N–H and O–H groups in total. The first-order valence-corrected chi connectivity index (χ1v) is 6.64. The van der Waals surface area contributed by atoms with E-state index >= 15 is 0 Å². The topological polar surface area (TPSA) is 102 Å². The summed E-state index contributed by atoms with van der Waals surface area (Å²) in [6.45, 7) is 4.00. The number of hydrogen-bond acceptors (Lipinski definition) is 5. The van der Waals surface area contributed by atoms with Crippen LogP contribution in [0.25, 0.3) is 0 Å². The lowest BCUT2D eigenvalue weighted by Gasteiger charge is -2.16. The summed E-state index contributed by atoms with van der Waals surface area (Å²) in [5.41, 5.74) is 0.152. The second-order valence-electron chi connectivity index (χ2n) is 5.19. The van der Waals surface area contributed by atoms with Gasteiger partial charge in [-0.1, -0.05) is 13.8 Å². The number of methoxy groups -OCH3 is 1. The van der Waals surface area contributed by atoms with Crippen LogP contribution in [0.5, 0.6) is 5.75 Å². The Morgan fingerprint density at radius 1 is 1.48 bits per heavy atom. The van der Waals surface area contributed by atoms with Gasteiger partial charge in [0.2, 0.25) is 0 Å². The molecule has 0 aliphatic heterocycles. The third kappa shape index (κ3) is 4.94. The number of anilines is 1. The van der Waals surface area contributed by atoms with Crippen LogP contribution >= 0.6 is 0 Å². The normalized spacial score (nSPS) is 12.0. The number of nitrogens with zero attached hydrogens (tertiary/aromatic N) is 1. The molecule has 21 heavy (non-hydrogen) atoms. The van der Waals surface area contributed by atoms with Crippen LogP contribution in [0.2, 0.25) is 0 Å². The molecule has 0 bridgehead atoms. The van der Waals surface area contributed by atoms with E-state index < -0.39 is 16.8 Å². The van der Waals surface area contributed by atoms with Gasteiger partial charge in [-0.25, -0.2) is 0 Å². The van der Waals surface area contributed by atoms with Crippen LogP contribution in [0.4, 0.5) is 11.4 Å². The maximum absolute atomic E-state index is 11.2. The summed E-state index contributed by atoms with van der Waals surface area (Å²) in [5, 5.41) is 23.0. The van der Waals surface area contributed by atoms with Crippen molar-refractivity contribution in [2.24, 2.45) is 11.8 Å². The number of aliphatic carboxylic acids is 1. The van der Waals surface area contributed by atoms with Gasteiger partial charge in [0, 0.05) is 18.7 Å². The molecule has 0 aromatic heterocycles. The lowest BCUT2D eigenvalue weighted by atomic mass is 9.97. The van der Waals surface area contributed by atoms with Crippen molar-refractivity contribution in [3.63, 3.8) is 0 Å². The average molecular weight is 296 g/mol. The molecule has 116 valence electrons. The summed E-state index contributed by atoms with van der Waals surface area (Å²) in [6, 6.07) is 4.32. The molecule has 0 amide bonds. The van der Waals surface area contributed by atoms with Crippen molar-refractivity contribution in [1.29, 1.82) is 0 Å². The van der Waals surface area contributed by atoms with Gasteiger partial charge < -0.3 is 15.2 Å². The van der Waals surface area contributed by atoms with Crippen LogP contribution in [0.3, 0.4) is 0 Å². The fourth-order valence-electron chi connectivity index (χ4n) is 2.02. The van der Waals surface area contributed by atoms with Crippen molar-refractivity contribution in [3.05, 3.63) is 28.3 Å². The zero-order valence-corrected chi connectivity index (χ0v) is 12.3. The summed E-state index contributed by atoms with van der Waals surface area (Å²) in [7, 11) is 1.46. The number of rotatable bonds is 8. The fraction of sp³-hybridized carbons (Fsp3) is 0.500. The molecular weight excluding hydrogens is 276 g/mol. The van der Waals surface area contributed by atoms with Gasteiger partial charge in [0.05, 0.1) is 18.0 Å². The molecule has 1 unspecified atom stereocenters. The zero-order valence-electron chi connectivity index (χ0n) is 12.3. The Morgan fingerprint density at radius 3 is 2.62 bits per heavy atom. The molecule has 7 nitrogen and oxygen atoms in total. The highest BCUT2D eigenvalue weighted by Gasteiger charge is 2.21. The molecule has 1 aromatic carbocycles. The van der Waals surface area contributed by atoms with E-state index in [0.717, 1.165) is 0 Å². The van der Waals surface area contributed by atoms with E-state index in [2.05, 4.69) is 5.32 Å². The number of nitro benzene ring substituents is 1. The molecule has 1 atom stereocenters. The number of carbonyl (C=O) groups is 1. The molecule has 1 rings (SSSR count). The molecule has 0 saturated heterocycles. The molecule has 7 heteroatoms. The molecule has 0 aliphatic rings. The Morgan fingerprint density at radius 2 is 2.14 bits per heavy atom. The molecule has 1 aromatic rings. The Bertz CT molecular complexity index is 516. The van der Waals surface area contributed by atoms with E-state index in [9.17, 15) is 20.0 Å². The highest BCUT2D eigenvalue weighted by molar-refractivity contribution is 5.71. The number of ether oxygens (including phenoxy) is 1. The highest BCUT2D eigenvalue weighted by Crippen LogP contribution is 2.29. The van der Waals surface area contributed by atoms with Gasteiger partial charge in [-0.3, -0.25) is 14.9 Å². The van der Waals surface area contributed by atoms with Crippen molar-refractivity contribution in [1.82, 2.24) is 0 Å². The van der Waals surface area contributed by atoms with Crippen molar-refractivity contribution in [3.8, 4) is 5.75 Å². The van der Waals surface area contributed by atoms with Gasteiger partial charge in [0.1, 0.15) is 11.4 Å². The van der Waals surface area contributed by atoms with Crippen LogP contribution in [-0.4, -0.2) is 29.7 Å². The van der Waals surface area contributed by atoms with Crippen LogP contribution < -0.4 is 10.1 Å². The third-order valence-corrected chi connectivity index (χ3v) is 3.04. The van der Waals surface area contributed by atoms with Crippen LogP contribution in [-0.2, 0) is 4.79 Å². The predicted octanol–water partition coefficient (Wildman–Crippen LogP) is 2.76. The lowest BCUT2D eigenvalue weighted by Crippen LogP contribution is -2.24. The smallest absolute Gasteiger partial charge is 0.308 e. The number of carboxylic acid groups (broad SMARTS) is 1. The third-order valence-electron chi connectivity index (χ3n) is 3.04. The molecule has 0 heterocycles. The van der Waals surface area contributed by atoms with Gasteiger partial charge in [-0.15, -0.1) is 0 Å². The van der Waals surface area contributed by atoms with Gasteiger partial charge in [-0.05, 0) is 18.4 Å². The first-order chi connectivity index (χ1) is 9.85. The maximum Gasteiger partial charge on any atom is 0.308 e. The molecule has 0 fully saturated rings. The summed E-state index contributed by atoms with van der Waals surface area (Å²) in [4.78, 5) is 21.7. The summed E-state index contributed by atoms with van der Waals surface area (Å²) >= 11 is 0. The first-order valence-electron chi connectivity index (χ1n) is 6.64. The Kier molecular flexibility index (Phi) is 5.95. The Hall–Kier alpha value is -2.31. The van der Waals surface area contributed by atoms with Crippen molar-refractivity contribution in [2.45, 2.75) is 20.3 Å². The molecule has 0 radical (unpaired) electrons. The van der Waals surface area contributed by atoms with Crippen LogP contribution in [0.1, 0.15) is 20.3 Å². The van der Waals surface area contributed by atoms with Gasteiger partial charge in [0.25, 0.3) is 5.69 Å². The SMILES string of the molecule is COc1ccc([N+](=O)[O-])c(NCC(CC(C)C)C(=O)O)c1. The zero-order chi connectivity index (χ0) is 16.0. The molecular formula is C14H20N2O5. The largest absolute Gasteiger partial charge is 0.497 e. The van der Waals surface area contributed by atoms with Crippen LogP contribution in [0.15, 0.2) is 18.2 Å². The maximum atomic E-state index is 11.2. The minimum absolute atomic E-state index is 0.107. The summed E-state index contributed by atoms with van der Waals surface area (Å²) < 4.78 is 5.03. The first kappa shape index (κ1) is 16.7. The minimum Gasteiger partial charge on any atom is -0.497 e. The van der Waals surface area contributed by atoms with Gasteiger partial charge >= 0.3 is 5.97 Å². The van der Waals surface area contributed by atoms with E-state index in [1.54, 1.807) is 0 Å². The number of nitrogens with one attached hydrogen (secondary N) is 1. The lowest BCUT2D eigenvalue weighted by molar-refractivity contribution is -0.384. The van der Waals surface area contributed by atoms with Crippen LogP contribution in [0, 0.1) is 22.0 Å². The number of nitro groups is 1. The standard InChI is InChI=1S/C14H20N2O5/c1-9(2)6-10(14(17)18)8-15-12-7-11(21-3)4-5-13(12)16(19)20/h4-5,7,9-10,15H,6,8H2,1-3H3,(H,17,18). The second kappa shape index (κ2) is 7.47. The summed E-state index contributed by atoms with van der Waals surface area (Å²) in [6.07, 6.45) is 0.500. The van der Waals surface area contributed by atoms with Crippen molar-refractivity contribution >= 4 is 17.3 Å².